The number of benzene rings is 2. The van der Waals surface area contributed by atoms with E-state index in [1.807, 2.05) is 18.2 Å². The highest BCUT2D eigenvalue weighted by Gasteiger charge is 2.13. The van der Waals surface area contributed by atoms with Crippen LogP contribution in [0.15, 0.2) is 42.5 Å². The Hall–Kier alpha value is -1.52. The first-order valence-corrected chi connectivity index (χ1v) is 7.28. The Labute approximate surface area is 124 Å². The largest absolute Gasteiger partial charge is 0.374 e. The summed E-state index contributed by atoms with van der Waals surface area (Å²) in [6, 6.07) is 14.2. The highest BCUT2D eigenvalue weighted by molar-refractivity contribution is 5.83. The van der Waals surface area contributed by atoms with Gasteiger partial charge in [0.1, 0.15) is 6.61 Å². The summed E-state index contributed by atoms with van der Waals surface area (Å²) in [6.07, 6.45) is -1.44. The van der Waals surface area contributed by atoms with E-state index in [4.69, 9.17) is 4.74 Å². The Kier molecular flexibility index (Phi) is 6.08. The molecule has 0 radical (unpaired) electrons. The Bertz CT molecular complexity index is 559. The minimum Gasteiger partial charge on any atom is -0.374 e. The number of hydrogen-bond donors (Lipinski definition) is 1. The maximum atomic E-state index is 12.2. The first-order valence-electron chi connectivity index (χ1n) is 7.28. The summed E-state index contributed by atoms with van der Waals surface area (Å²) in [6.45, 7) is 2.64. The van der Waals surface area contributed by atoms with Gasteiger partial charge in [-0.3, -0.25) is 0 Å². The number of fused-ring (bicyclic) bond motifs is 1. The summed E-state index contributed by atoms with van der Waals surface area (Å²) in [4.78, 5) is 0. The van der Waals surface area contributed by atoms with Crippen molar-refractivity contribution in [2.24, 2.45) is 0 Å². The number of rotatable bonds is 8. The van der Waals surface area contributed by atoms with Crippen molar-refractivity contribution in [3.05, 3.63) is 48.0 Å². The molecule has 0 saturated carbocycles. The van der Waals surface area contributed by atoms with Gasteiger partial charge in [-0.2, -0.15) is 0 Å². The van der Waals surface area contributed by atoms with E-state index in [0.29, 0.717) is 0 Å². The molecule has 1 N–H and O–H groups in total. The predicted octanol–water partition coefficient (Wildman–Crippen LogP) is 4.16. The molecule has 0 aliphatic heterocycles. The Balaban J connectivity index is 2.12. The Morgan fingerprint density at radius 1 is 1.05 bits per heavy atom. The van der Waals surface area contributed by atoms with Gasteiger partial charge in [0.2, 0.25) is 0 Å². The summed E-state index contributed by atoms with van der Waals surface area (Å²) < 4.78 is 29.5. The molecular weight excluding hydrogens is 272 g/mol. The van der Waals surface area contributed by atoms with Crippen molar-refractivity contribution in [1.29, 1.82) is 0 Å². The van der Waals surface area contributed by atoms with Crippen LogP contribution in [0, 0.1) is 0 Å². The van der Waals surface area contributed by atoms with Crippen LogP contribution < -0.4 is 5.32 Å². The molecule has 0 spiro atoms. The summed E-state index contributed by atoms with van der Waals surface area (Å²) in [7, 11) is 0. The zero-order chi connectivity index (χ0) is 15.1. The van der Waals surface area contributed by atoms with Crippen molar-refractivity contribution in [2.45, 2.75) is 25.8 Å². The molecule has 0 aliphatic rings. The van der Waals surface area contributed by atoms with Crippen molar-refractivity contribution >= 4 is 10.8 Å². The minimum absolute atomic E-state index is 0.0618. The Morgan fingerprint density at radius 3 is 2.52 bits per heavy atom. The van der Waals surface area contributed by atoms with Crippen LogP contribution in [0.4, 0.5) is 8.78 Å². The normalized spacial score (nSPS) is 13.0. The van der Waals surface area contributed by atoms with E-state index < -0.39 is 13.0 Å². The van der Waals surface area contributed by atoms with E-state index in [1.165, 1.54) is 5.39 Å². The van der Waals surface area contributed by atoms with Crippen LogP contribution in [-0.2, 0) is 4.74 Å². The van der Waals surface area contributed by atoms with Crippen molar-refractivity contribution in [2.75, 3.05) is 19.8 Å². The monoisotopic (exact) mass is 293 g/mol. The van der Waals surface area contributed by atoms with E-state index in [-0.39, 0.29) is 12.6 Å². The second-order valence-corrected chi connectivity index (χ2v) is 5.04. The topological polar surface area (TPSA) is 21.3 Å². The Morgan fingerprint density at radius 2 is 1.81 bits per heavy atom. The molecule has 1 atom stereocenters. The molecule has 21 heavy (non-hydrogen) atoms. The van der Waals surface area contributed by atoms with E-state index in [1.54, 1.807) is 0 Å². The first kappa shape index (κ1) is 15.9. The molecule has 0 heterocycles. The van der Waals surface area contributed by atoms with Gasteiger partial charge in [0.25, 0.3) is 6.43 Å². The van der Waals surface area contributed by atoms with Crippen LogP contribution in [0.5, 0.6) is 0 Å². The number of nitrogens with one attached hydrogen (secondary N) is 1. The second kappa shape index (κ2) is 8.05. The fourth-order valence-electron chi connectivity index (χ4n) is 2.29. The zero-order valence-corrected chi connectivity index (χ0v) is 12.2. The molecule has 114 valence electrons. The fraction of sp³-hybridized carbons (Fsp3) is 0.412. The van der Waals surface area contributed by atoms with Crippen LogP contribution in [0.25, 0.3) is 10.8 Å². The molecule has 0 amide bonds. The number of ether oxygens (including phenoxy) is 1. The van der Waals surface area contributed by atoms with Gasteiger partial charge in [-0.05, 0) is 35.4 Å². The third-order valence-electron chi connectivity index (χ3n) is 3.34. The zero-order valence-electron chi connectivity index (χ0n) is 12.2. The summed E-state index contributed by atoms with van der Waals surface area (Å²) in [5.74, 6) is 0. The van der Waals surface area contributed by atoms with Crippen LogP contribution >= 0.6 is 0 Å². The molecule has 2 aromatic carbocycles. The maximum absolute atomic E-state index is 12.2. The molecule has 0 saturated heterocycles. The molecule has 1 unspecified atom stereocenters. The maximum Gasteiger partial charge on any atom is 0.261 e. The van der Waals surface area contributed by atoms with Gasteiger partial charge in [0, 0.05) is 0 Å². The molecule has 2 nitrogen and oxygen atoms in total. The van der Waals surface area contributed by atoms with Gasteiger partial charge in [0.05, 0.1) is 12.6 Å². The van der Waals surface area contributed by atoms with E-state index in [2.05, 4.69) is 36.5 Å². The van der Waals surface area contributed by atoms with Crippen molar-refractivity contribution in [3.63, 3.8) is 0 Å². The minimum atomic E-state index is -2.42. The van der Waals surface area contributed by atoms with E-state index in [0.717, 1.165) is 23.9 Å². The van der Waals surface area contributed by atoms with E-state index >= 15 is 0 Å². The molecule has 0 aromatic heterocycles. The van der Waals surface area contributed by atoms with Crippen molar-refractivity contribution in [1.82, 2.24) is 5.32 Å². The van der Waals surface area contributed by atoms with Crippen molar-refractivity contribution in [3.8, 4) is 0 Å². The third kappa shape index (κ3) is 4.76. The molecule has 0 bridgehead atoms. The highest BCUT2D eigenvalue weighted by atomic mass is 19.3. The molecule has 0 aliphatic carbocycles. The third-order valence-corrected chi connectivity index (χ3v) is 3.34. The lowest BCUT2D eigenvalue weighted by Gasteiger charge is -2.19. The van der Waals surface area contributed by atoms with Gasteiger partial charge >= 0.3 is 0 Å². The predicted molar refractivity (Wildman–Crippen MR) is 81.8 cm³/mol. The second-order valence-electron chi connectivity index (χ2n) is 5.04. The number of halogens is 2. The number of hydrogen-bond acceptors (Lipinski definition) is 2. The summed E-state index contributed by atoms with van der Waals surface area (Å²) in [5.41, 5.74) is 1.07. The summed E-state index contributed by atoms with van der Waals surface area (Å²) in [5, 5.41) is 5.67. The molecular formula is C17H21F2NO. The van der Waals surface area contributed by atoms with Crippen LogP contribution in [0.2, 0.25) is 0 Å². The lowest BCUT2D eigenvalue weighted by Crippen LogP contribution is -2.27. The van der Waals surface area contributed by atoms with Gasteiger partial charge in [0.15, 0.2) is 0 Å². The SMILES string of the molecule is CCCNC(COCC(F)F)c1ccc2ccccc2c1. The van der Waals surface area contributed by atoms with Gasteiger partial charge in [-0.1, -0.05) is 43.3 Å². The summed E-state index contributed by atoms with van der Waals surface area (Å²) >= 11 is 0. The van der Waals surface area contributed by atoms with Crippen LogP contribution in [-0.4, -0.2) is 26.2 Å². The van der Waals surface area contributed by atoms with Gasteiger partial charge < -0.3 is 10.1 Å². The lowest BCUT2D eigenvalue weighted by atomic mass is 10.0. The molecule has 0 fully saturated rings. The van der Waals surface area contributed by atoms with Gasteiger partial charge in [-0.25, -0.2) is 8.78 Å². The fourth-order valence-corrected chi connectivity index (χ4v) is 2.29. The average molecular weight is 293 g/mol. The highest BCUT2D eigenvalue weighted by Crippen LogP contribution is 2.21. The van der Waals surface area contributed by atoms with Crippen LogP contribution in [0.3, 0.4) is 0 Å². The van der Waals surface area contributed by atoms with E-state index in [9.17, 15) is 8.78 Å². The van der Waals surface area contributed by atoms with Crippen LogP contribution in [0.1, 0.15) is 24.9 Å². The standard InChI is InChI=1S/C17H21F2NO/c1-2-9-20-16(11-21-12-17(18)19)15-8-7-13-5-3-4-6-14(13)10-15/h3-8,10,16-17,20H,2,9,11-12H2,1H3. The first-order chi connectivity index (χ1) is 10.2. The molecule has 2 rings (SSSR count). The lowest BCUT2D eigenvalue weighted by molar-refractivity contribution is 0.00922. The van der Waals surface area contributed by atoms with Gasteiger partial charge in [-0.15, -0.1) is 0 Å². The average Bonchev–Trinajstić information content (AvgIpc) is 2.50. The molecule has 4 heteroatoms. The number of alkyl halides is 2. The quantitative estimate of drug-likeness (QED) is 0.789. The molecule has 2 aromatic rings. The smallest absolute Gasteiger partial charge is 0.261 e. The van der Waals surface area contributed by atoms with Crippen molar-refractivity contribution < 1.29 is 13.5 Å².